The van der Waals surface area contributed by atoms with E-state index in [1.165, 1.54) is 11.0 Å². The molecule has 5 N–H and O–H groups in total. The summed E-state index contributed by atoms with van der Waals surface area (Å²) < 4.78 is 5.34. The Morgan fingerprint density at radius 3 is 2.21 bits per heavy atom. The Morgan fingerprint density at radius 2 is 1.67 bits per heavy atom. The highest BCUT2D eigenvalue weighted by Gasteiger charge is 2.38. The molecule has 10 nitrogen and oxygen atoms in total. The van der Waals surface area contributed by atoms with E-state index < -0.39 is 47.5 Å². The van der Waals surface area contributed by atoms with E-state index >= 15 is 0 Å². The normalized spacial score (nSPS) is 12.8. The number of nitrogens with one attached hydrogen (secondary N) is 2. The number of ether oxygens (including phenoxy) is 1. The van der Waals surface area contributed by atoms with Crippen molar-refractivity contribution in [3.8, 4) is 5.75 Å². The van der Waals surface area contributed by atoms with Gasteiger partial charge in [0.05, 0.1) is 0 Å². The molecule has 10 heteroatoms. The van der Waals surface area contributed by atoms with Crippen molar-refractivity contribution in [2.45, 2.75) is 85.0 Å². The molecule has 0 heterocycles. The maximum Gasteiger partial charge on any atom is 0.408 e. The van der Waals surface area contributed by atoms with E-state index in [1.54, 1.807) is 65.8 Å². The minimum atomic E-state index is -1.19. The summed E-state index contributed by atoms with van der Waals surface area (Å²) in [5.74, 6) is -1.67. The van der Waals surface area contributed by atoms with Gasteiger partial charge in [-0.2, -0.15) is 0 Å². The fraction of sp³-hybridized carbons (Fsp3) is 0.448. The Labute approximate surface area is 229 Å². The molecular formula is C29H40N4O6. The number of alkyl carbamates (subject to hydrolysis) is 1. The average molecular weight is 541 g/mol. The third-order valence-corrected chi connectivity index (χ3v) is 5.95. The Balaban J connectivity index is 2.57. The van der Waals surface area contributed by atoms with E-state index in [0.717, 1.165) is 5.56 Å². The number of carbonyl (C=O) groups excluding carboxylic acids is 4. The van der Waals surface area contributed by atoms with Crippen LogP contribution in [0.4, 0.5) is 10.5 Å². The van der Waals surface area contributed by atoms with E-state index in [1.807, 2.05) is 19.1 Å². The van der Waals surface area contributed by atoms with Crippen molar-refractivity contribution in [1.82, 2.24) is 10.2 Å². The Morgan fingerprint density at radius 1 is 1.03 bits per heavy atom. The summed E-state index contributed by atoms with van der Waals surface area (Å²) in [6.45, 7) is 12.1. The first kappa shape index (κ1) is 31.1. The summed E-state index contributed by atoms with van der Waals surface area (Å²) in [6.07, 6.45) is -1.09. The number of phenols is 1. The van der Waals surface area contributed by atoms with Crippen LogP contribution in [0.5, 0.6) is 5.75 Å². The van der Waals surface area contributed by atoms with Crippen LogP contribution in [0, 0.1) is 13.8 Å². The zero-order valence-corrected chi connectivity index (χ0v) is 23.7. The van der Waals surface area contributed by atoms with Crippen molar-refractivity contribution in [1.29, 1.82) is 0 Å². The lowest BCUT2D eigenvalue weighted by atomic mass is 9.98. The van der Waals surface area contributed by atoms with Crippen LogP contribution >= 0.6 is 0 Å². The van der Waals surface area contributed by atoms with Crippen LogP contribution in [-0.2, 0) is 19.1 Å². The smallest absolute Gasteiger partial charge is 0.408 e. The van der Waals surface area contributed by atoms with Gasteiger partial charge in [0.15, 0.2) is 0 Å². The first-order valence-electron chi connectivity index (χ1n) is 12.9. The highest BCUT2D eigenvalue weighted by atomic mass is 16.6. The summed E-state index contributed by atoms with van der Waals surface area (Å²) in [4.78, 5) is 53.5. The van der Waals surface area contributed by atoms with Gasteiger partial charge in [-0.3, -0.25) is 14.4 Å². The third-order valence-electron chi connectivity index (χ3n) is 5.95. The SMILES string of the molecule is Cc1cc(C(C(=O)Nc2ccccc2C)N(C(=O)C(CCC(N)=O)NC(=O)OC(C)(C)C)C(C)C)ccc1O. The molecule has 2 atom stereocenters. The fourth-order valence-corrected chi connectivity index (χ4v) is 4.05. The standard InChI is InChI=1S/C29H40N4O6/c1-17(2)33(27(37)22(13-15-24(30)35)32-28(38)39-29(5,6)7)25(20-12-14-23(34)19(4)16-20)26(36)31-21-11-9-8-10-18(21)3/h8-12,14,16-17,22,25,34H,13,15H2,1-7H3,(H2,30,35)(H,31,36)(H,32,38). The van der Waals surface area contributed by atoms with Crippen LogP contribution in [0.1, 0.15) is 70.2 Å². The molecule has 2 unspecified atom stereocenters. The van der Waals surface area contributed by atoms with Crippen molar-refractivity contribution in [3.05, 3.63) is 59.2 Å². The van der Waals surface area contributed by atoms with Crippen molar-refractivity contribution in [2.75, 3.05) is 5.32 Å². The molecule has 0 fully saturated rings. The number of anilines is 1. The first-order chi connectivity index (χ1) is 18.1. The predicted molar refractivity (Wildman–Crippen MR) is 149 cm³/mol. The number of rotatable bonds is 10. The Bertz CT molecular complexity index is 1200. The summed E-state index contributed by atoms with van der Waals surface area (Å²) in [7, 11) is 0. The number of hydrogen-bond acceptors (Lipinski definition) is 6. The van der Waals surface area contributed by atoms with Gasteiger partial charge in [-0.15, -0.1) is 0 Å². The number of nitrogens with two attached hydrogens (primary N) is 1. The summed E-state index contributed by atoms with van der Waals surface area (Å²) >= 11 is 0. The summed E-state index contributed by atoms with van der Waals surface area (Å²) in [6, 6.07) is 9.10. The molecule has 0 aliphatic carbocycles. The number of carbonyl (C=O) groups is 4. The second kappa shape index (κ2) is 13.1. The van der Waals surface area contributed by atoms with E-state index in [0.29, 0.717) is 16.8 Å². The van der Waals surface area contributed by atoms with E-state index in [4.69, 9.17) is 10.5 Å². The van der Waals surface area contributed by atoms with Crippen molar-refractivity contribution >= 4 is 29.5 Å². The van der Waals surface area contributed by atoms with Crippen LogP contribution < -0.4 is 16.4 Å². The summed E-state index contributed by atoms with van der Waals surface area (Å²) in [5.41, 5.74) is 6.92. The molecular weight excluding hydrogens is 500 g/mol. The largest absolute Gasteiger partial charge is 0.508 e. The predicted octanol–water partition coefficient (Wildman–Crippen LogP) is 4.08. The zero-order valence-electron chi connectivity index (χ0n) is 23.7. The molecule has 212 valence electrons. The van der Waals surface area contributed by atoms with Gasteiger partial charge in [0.25, 0.3) is 5.91 Å². The second-order valence-electron chi connectivity index (χ2n) is 10.8. The van der Waals surface area contributed by atoms with Gasteiger partial charge >= 0.3 is 6.09 Å². The van der Waals surface area contributed by atoms with Gasteiger partial charge in [0, 0.05) is 18.2 Å². The van der Waals surface area contributed by atoms with E-state index in [9.17, 15) is 24.3 Å². The van der Waals surface area contributed by atoms with Gasteiger partial charge in [-0.25, -0.2) is 4.79 Å². The molecule has 0 radical (unpaired) electrons. The number of para-hydroxylation sites is 1. The molecule has 2 rings (SSSR count). The van der Waals surface area contributed by atoms with Crippen LogP contribution in [-0.4, -0.2) is 51.5 Å². The molecule has 2 aromatic rings. The monoisotopic (exact) mass is 540 g/mol. The highest BCUT2D eigenvalue weighted by Crippen LogP contribution is 2.30. The number of phenolic OH excluding ortho intramolecular Hbond substituents is 1. The average Bonchev–Trinajstić information content (AvgIpc) is 2.81. The number of primary amides is 1. The van der Waals surface area contributed by atoms with Crippen molar-refractivity contribution in [2.24, 2.45) is 5.73 Å². The molecule has 4 amide bonds. The Hall–Kier alpha value is -4.08. The lowest BCUT2D eigenvalue weighted by molar-refractivity contribution is -0.143. The van der Waals surface area contributed by atoms with Gasteiger partial charge in [-0.05, 0) is 89.8 Å². The molecule has 0 spiro atoms. The van der Waals surface area contributed by atoms with Gasteiger partial charge in [0.1, 0.15) is 23.4 Å². The third kappa shape index (κ3) is 9.01. The van der Waals surface area contributed by atoms with Crippen LogP contribution in [0.15, 0.2) is 42.5 Å². The van der Waals surface area contributed by atoms with Crippen LogP contribution in [0.2, 0.25) is 0 Å². The maximum absolute atomic E-state index is 14.1. The molecule has 0 aromatic heterocycles. The Kier molecular flexibility index (Phi) is 10.5. The highest BCUT2D eigenvalue weighted by molar-refractivity contribution is 5.99. The van der Waals surface area contributed by atoms with Gasteiger partial charge in [0.2, 0.25) is 11.8 Å². The number of amides is 4. The van der Waals surface area contributed by atoms with Crippen LogP contribution in [0.3, 0.4) is 0 Å². The molecule has 0 saturated carbocycles. The zero-order chi connectivity index (χ0) is 29.5. The lowest BCUT2D eigenvalue weighted by Gasteiger charge is -2.37. The molecule has 0 aliphatic rings. The number of benzene rings is 2. The van der Waals surface area contributed by atoms with Gasteiger partial charge in [-0.1, -0.05) is 24.3 Å². The fourth-order valence-electron chi connectivity index (χ4n) is 4.05. The van der Waals surface area contributed by atoms with Crippen molar-refractivity contribution in [3.63, 3.8) is 0 Å². The molecule has 39 heavy (non-hydrogen) atoms. The minimum Gasteiger partial charge on any atom is -0.508 e. The minimum absolute atomic E-state index is 0.0464. The van der Waals surface area contributed by atoms with E-state index in [-0.39, 0.29) is 18.6 Å². The lowest BCUT2D eigenvalue weighted by Crippen LogP contribution is -2.54. The number of nitrogens with zero attached hydrogens (tertiary/aromatic N) is 1. The number of aryl methyl sites for hydroxylation is 2. The molecule has 2 aromatic carbocycles. The molecule has 0 bridgehead atoms. The number of hydrogen-bond donors (Lipinski definition) is 4. The maximum atomic E-state index is 14.1. The van der Waals surface area contributed by atoms with Gasteiger partial charge < -0.3 is 31.1 Å². The molecule has 0 aliphatic heterocycles. The number of aromatic hydroxyl groups is 1. The van der Waals surface area contributed by atoms with Crippen LogP contribution in [0.25, 0.3) is 0 Å². The second-order valence-corrected chi connectivity index (χ2v) is 10.8. The topological polar surface area (TPSA) is 151 Å². The molecule has 0 saturated heterocycles. The first-order valence-corrected chi connectivity index (χ1v) is 12.9. The van der Waals surface area contributed by atoms with E-state index in [2.05, 4.69) is 10.6 Å². The summed E-state index contributed by atoms with van der Waals surface area (Å²) in [5, 5.41) is 15.6. The van der Waals surface area contributed by atoms with Crippen molar-refractivity contribution < 1.29 is 29.0 Å². The quantitative estimate of drug-likeness (QED) is 0.356.